The van der Waals surface area contributed by atoms with Crippen LogP contribution in [0.4, 0.5) is 5.69 Å². The van der Waals surface area contributed by atoms with Gasteiger partial charge in [-0.25, -0.2) is 0 Å². The third-order valence-corrected chi connectivity index (χ3v) is 2.32. The monoisotopic (exact) mass is 207 g/mol. The molecule has 0 aliphatic carbocycles. The van der Waals surface area contributed by atoms with E-state index < -0.39 is 6.10 Å². The van der Waals surface area contributed by atoms with Crippen LogP contribution in [0.3, 0.4) is 0 Å². The molecule has 1 aromatic rings. The Morgan fingerprint density at radius 1 is 1.60 bits per heavy atom. The normalized spacial score (nSPS) is 12.1. The SMILES string of the molecule is C=CCCC(O)c1cccc(OC)c1N. The number of aliphatic hydroxyl groups is 1. The molecule has 0 heterocycles. The van der Waals surface area contributed by atoms with E-state index in [1.807, 2.05) is 12.1 Å². The smallest absolute Gasteiger partial charge is 0.142 e. The second kappa shape index (κ2) is 5.41. The molecule has 0 saturated heterocycles. The Morgan fingerprint density at radius 3 is 2.93 bits per heavy atom. The van der Waals surface area contributed by atoms with Gasteiger partial charge < -0.3 is 15.6 Å². The molecule has 0 fully saturated rings. The second-order valence-corrected chi connectivity index (χ2v) is 3.34. The largest absolute Gasteiger partial charge is 0.495 e. The van der Waals surface area contributed by atoms with Crippen LogP contribution in [0.15, 0.2) is 30.9 Å². The molecule has 0 saturated carbocycles. The molecule has 1 unspecified atom stereocenters. The first-order valence-electron chi connectivity index (χ1n) is 4.92. The molecule has 15 heavy (non-hydrogen) atoms. The molecule has 3 nitrogen and oxygen atoms in total. The molecule has 0 aromatic heterocycles. The van der Waals surface area contributed by atoms with Crippen molar-refractivity contribution in [2.24, 2.45) is 0 Å². The van der Waals surface area contributed by atoms with Crippen LogP contribution in [-0.2, 0) is 0 Å². The number of para-hydroxylation sites is 1. The predicted molar refractivity (Wildman–Crippen MR) is 61.8 cm³/mol. The summed E-state index contributed by atoms with van der Waals surface area (Å²) in [5, 5.41) is 9.87. The summed E-state index contributed by atoms with van der Waals surface area (Å²) in [5.74, 6) is 0.602. The Balaban J connectivity index is 2.88. The minimum absolute atomic E-state index is 0.511. The molecule has 0 aliphatic heterocycles. The summed E-state index contributed by atoms with van der Waals surface area (Å²) in [7, 11) is 1.56. The zero-order valence-electron chi connectivity index (χ0n) is 8.94. The predicted octanol–water partition coefficient (Wildman–Crippen LogP) is 2.28. The van der Waals surface area contributed by atoms with Crippen molar-refractivity contribution >= 4 is 5.69 Å². The number of hydrogen-bond acceptors (Lipinski definition) is 3. The van der Waals surface area contributed by atoms with E-state index in [0.29, 0.717) is 17.9 Å². The Morgan fingerprint density at radius 2 is 2.33 bits per heavy atom. The lowest BCUT2D eigenvalue weighted by atomic mass is 10.0. The summed E-state index contributed by atoms with van der Waals surface area (Å²) >= 11 is 0. The second-order valence-electron chi connectivity index (χ2n) is 3.34. The van der Waals surface area contributed by atoms with Crippen LogP contribution < -0.4 is 10.5 Å². The summed E-state index contributed by atoms with van der Waals surface area (Å²) in [6.07, 6.45) is 2.61. The average Bonchev–Trinajstić information content (AvgIpc) is 2.26. The van der Waals surface area contributed by atoms with Gasteiger partial charge >= 0.3 is 0 Å². The van der Waals surface area contributed by atoms with E-state index in [1.54, 1.807) is 19.3 Å². The zero-order valence-corrected chi connectivity index (χ0v) is 8.94. The number of benzene rings is 1. The topological polar surface area (TPSA) is 55.5 Å². The lowest BCUT2D eigenvalue weighted by Crippen LogP contribution is -2.03. The highest BCUT2D eigenvalue weighted by Gasteiger charge is 2.12. The average molecular weight is 207 g/mol. The molecule has 1 aromatic carbocycles. The first-order valence-corrected chi connectivity index (χ1v) is 4.92. The van der Waals surface area contributed by atoms with Crippen LogP contribution in [-0.4, -0.2) is 12.2 Å². The maximum absolute atomic E-state index is 9.87. The Hall–Kier alpha value is -1.48. The highest BCUT2D eigenvalue weighted by molar-refractivity contribution is 5.59. The van der Waals surface area contributed by atoms with E-state index in [4.69, 9.17) is 10.5 Å². The van der Waals surface area contributed by atoms with E-state index in [2.05, 4.69) is 6.58 Å². The number of ether oxygens (including phenoxy) is 1. The van der Waals surface area contributed by atoms with Gasteiger partial charge in [-0.3, -0.25) is 0 Å². The molecule has 0 bridgehead atoms. The number of rotatable bonds is 5. The van der Waals surface area contributed by atoms with Gasteiger partial charge in [0.25, 0.3) is 0 Å². The van der Waals surface area contributed by atoms with Crippen molar-refractivity contribution in [2.75, 3.05) is 12.8 Å². The van der Waals surface area contributed by atoms with Crippen molar-refractivity contribution in [2.45, 2.75) is 18.9 Å². The molecular weight excluding hydrogens is 190 g/mol. The van der Waals surface area contributed by atoms with Gasteiger partial charge in [0, 0.05) is 5.56 Å². The van der Waals surface area contributed by atoms with Gasteiger partial charge in [0.15, 0.2) is 0 Å². The van der Waals surface area contributed by atoms with Crippen LogP contribution in [0.1, 0.15) is 24.5 Å². The summed E-state index contributed by atoms with van der Waals surface area (Å²) in [6.45, 7) is 3.62. The van der Waals surface area contributed by atoms with Gasteiger partial charge in [0.05, 0.1) is 18.9 Å². The lowest BCUT2D eigenvalue weighted by Gasteiger charge is -2.14. The highest BCUT2D eigenvalue weighted by atomic mass is 16.5. The molecule has 3 N–H and O–H groups in total. The highest BCUT2D eigenvalue weighted by Crippen LogP contribution is 2.31. The fourth-order valence-electron chi connectivity index (χ4n) is 1.46. The van der Waals surface area contributed by atoms with Gasteiger partial charge in [-0.05, 0) is 18.9 Å². The van der Waals surface area contributed by atoms with Crippen LogP contribution in [0.2, 0.25) is 0 Å². The van der Waals surface area contributed by atoms with Crippen molar-refractivity contribution in [3.05, 3.63) is 36.4 Å². The van der Waals surface area contributed by atoms with Crippen molar-refractivity contribution in [3.8, 4) is 5.75 Å². The van der Waals surface area contributed by atoms with Crippen LogP contribution in [0.25, 0.3) is 0 Å². The number of methoxy groups -OCH3 is 1. The Labute approximate surface area is 90.2 Å². The van der Waals surface area contributed by atoms with Crippen molar-refractivity contribution in [3.63, 3.8) is 0 Å². The molecule has 0 amide bonds. The van der Waals surface area contributed by atoms with Crippen molar-refractivity contribution in [1.29, 1.82) is 0 Å². The van der Waals surface area contributed by atoms with Crippen LogP contribution >= 0.6 is 0 Å². The third-order valence-electron chi connectivity index (χ3n) is 2.32. The Kier molecular flexibility index (Phi) is 4.18. The maximum atomic E-state index is 9.87. The summed E-state index contributed by atoms with van der Waals surface area (Å²) in [5.41, 5.74) is 7.09. The minimum atomic E-state index is -0.557. The first kappa shape index (κ1) is 11.6. The van der Waals surface area contributed by atoms with Gasteiger partial charge in [-0.1, -0.05) is 18.2 Å². The number of nitrogens with two attached hydrogens (primary N) is 1. The fraction of sp³-hybridized carbons (Fsp3) is 0.333. The summed E-state index contributed by atoms with van der Waals surface area (Å²) in [6, 6.07) is 5.41. The molecule has 1 atom stereocenters. The van der Waals surface area contributed by atoms with Crippen LogP contribution in [0, 0.1) is 0 Å². The third kappa shape index (κ3) is 2.73. The van der Waals surface area contributed by atoms with Crippen molar-refractivity contribution < 1.29 is 9.84 Å². The van der Waals surface area contributed by atoms with Gasteiger partial charge in [-0.15, -0.1) is 6.58 Å². The number of allylic oxidation sites excluding steroid dienone is 1. The van der Waals surface area contributed by atoms with Gasteiger partial charge in [0.1, 0.15) is 5.75 Å². The first-order chi connectivity index (χ1) is 7.20. The fourth-order valence-corrected chi connectivity index (χ4v) is 1.46. The summed E-state index contributed by atoms with van der Waals surface area (Å²) in [4.78, 5) is 0. The Bertz CT molecular complexity index is 336. The quantitative estimate of drug-likeness (QED) is 0.575. The minimum Gasteiger partial charge on any atom is -0.495 e. The summed E-state index contributed by atoms with van der Waals surface area (Å²) < 4.78 is 5.08. The molecular formula is C12H17NO2. The zero-order chi connectivity index (χ0) is 11.3. The number of anilines is 1. The molecule has 3 heteroatoms. The van der Waals surface area contributed by atoms with Crippen molar-refractivity contribution in [1.82, 2.24) is 0 Å². The molecule has 0 radical (unpaired) electrons. The molecule has 0 spiro atoms. The molecule has 1 rings (SSSR count). The maximum Gasteiger partial charge on any atom is 0.142 e. The van der Waals surface area contributed by atoms with E-state index in [9.17, 15) is 5.11 Å². The molecule has 82 valence electrons. The van der Waals surface area contributed by atoms with Gasteiger partial charge in [0.2, 0.25) is 0 Å². The number of aliphatic hydroxyl groups excluding tert-OH is 1. The van der Waals surface area contributed by atoms with E-state index in [-0.39, 0.29) is 0 Å². The number of nitrogen functional groups attached to an aromatic ring is 1. The molecule has 0 aliphatic rings. The number of hydrogen-bond donors (Lipinski definition) is 2. The lowest BCUT2D eigenvalue weighted by molar-refractivity contribution is 0.169. The van der Waals surface area contributed by atoms with Crippen LogP contribution in [0.5, 0.6) is 5.75 Å². The van der Waals surface area contributed by atoms with E-state index in [1.165, 1.54) is 0 Å². The van der Waals surface area contributed by atoms with Gasteiger partial charge in [-0.2, -0.15) is 0 Å². The van der Waals surface area contributed by atoms with E-state index in [0.717, 1.165) is 12.0 Å². The van der Waals surface area contributed by atoms with E-state index >= 15 is 0 Å². The standard InChI is InChI=1S/C12H17NO2/c1-3-4-7-10(14)9-6-5-8-11(15-2)12(9)13/h3,5-6,8,10,14H,1,4,7,13H2,2H3.